The fourth-order valence-corrected chi connectivity index (χ4v) is 2.41. The van der Waals surface area contributed by atoms with Gasteiger partial charge in [-0.2, -0.15) is 0 Å². The number of hydrogen-bond acceptors (Lipinski definition) is 1. The van der Waals surface area contributed by atoms with E-state index in [4.69, 9.17) is 5.73 Å². The van der Waals surface area contributed by atoms with Crippen molar-refractivity contribution in [3.63, 3.8) is 0 Å². The van der Waals surface area contributed by atoms with Gasteiger partial charge in [-0.15, -0.1) is 0 Å². The van der Waals surface area contributed by atoms with Crippen LogP contribution in [0, 0.1) is 0 Å². The third-order valence-electron chi connectivity index (χ3n) is 3.07. The van der Waals surface area contributed by atoms with E-state index in [1.807, 2.05) is 18.2 Å². The van der Waals surface area contributed by atoms with Crippen molar-refractivity contribution in [3.8, 4) is 0 Å². The van der Waals surface area contributed by atoms with Gasteiger partial charge in [0, 0.05) is 12.0 Å². The average Bonchev–Trinajstić information content (AvgIpc) is 2.66. The molecule has 3 heteroatoms. The van der Waals surface area contributed by atoms with Crippen LogP contribution in [0.2, 0.25) is 0 Å². The van der Waals surface area contributed by atoms with Crippen molar-refractivity contribution in [2.75, 3.05) is 0 Å². The molecule has 0 aromatic heterocycles. The zero-order valence-corrected chi connectivity index (χ0v) is 8.65. The van der Waals surface area contributed by atoms with E-state index in [9.17, 15) is 4.79 Å². The Morgan fingerprint density at radius 2 is 2.00 bits per heavy atom. The van der Waals surface area contributed by atoms with Crippen molar-refractivity contribution < 1.29 is 4.79 Å². The van der Waals surface area contributed by atoms with E-state index in [2.05, 4.69) is 17.4 Å². The summed E-state index contributed by atoms with van der Waals surface area (Å²) in [5, 5.41) is 2.83. The van der Waals surface area contributed by atoms with Crippen LogP contribution < -0.4 is 11.1 Å². The number of hydrogen-bond donors (Lipinski definition) is 2. The number of carbonyl (C=O) groups excluding carboxylic acids is 1. The maximum absolute atomic E-state index is 10.8. The van der Waals surface area contributed by atoms with Gasteiger partial charge in [0.2, 0.25) is 0 Å². The Morgan fingerprint density at radius 1 is 1.27 bits per heavy atom. The molecule has 0 aliphatic heterocycles. The number of urea groups is 1. The summed E-state index contributed by atoms with van der Waals surface area (Å²) in [7, 11) is 0. The summed E-state index contributed by atoms with van der Waals surface area (Å²) in [6, 6.07) is 10.1. The predicted octanol–water partition coefficient (Wildman–Crippen LogP) is 1.99. The van der Waals surface area contributed by atoms with Gasteiger partial charge in [-0.05, 0) is 18.4 Å². The van der Waals surface area contributed by atoms with Crippen LogP contribution in [-0.4, -0.2) is 12.1 Å². The molecule has 1 fully saturated rings. The van der Waals surface area contributed by atoms with Gasteiger partial charge >= 0.3 is 6.03 Å². The van der Waals surface area contributed by atoms with Gasteiger partial charge in [0.05, 0.1) is 0 Å². The Bertz CT molecular complexity index is 337. The van der Waals surface area contributed by atoms with E-state index in [1.54, 1.807) is 0 Å². The molecule has 3 N–H and O–H groups in total. The normalized spacial score (nSPS) is 25.1. The second-order valence-corrected chi connectivity index (χ2v) is 4.06. The number of carbonyl (C=O) groups is 1. The number of nitrogens with two attached hydrogens (primary N) is 1. The monoisotopic (exact) mass is 204 g/mol. The zero-order chi connectivity index (χ0) is 10.7. The molecule has 1 aromatic carbocycles. The summed E-state index contributed by atoms with van der Waals surface area (Å²) in [4.78, 5) is 10.8. The number of benzene rings is 1. The van der Waals surface area contributed by atoms with E-state index in [-0.39, 0.29) is 6.04 Å². The SMILES string of the molecule is NC(=O)N[C@H]1CCCC1c1ccccc1. The highest BCUT2D eigenvalue weighted by Crippen LogP contribution is 2.34. The largest absolute Gasteiger partial charge is 0.352 e. The minimum absolute atomic E-state index is 0.213. The lowest BCUT2D eigenvalue weighted by molar-refractivity contribution is 0.244. The van der Waals surface area contributed by atoms with Gasteiger partial charge in [0.1, 0.15) is 0 Å². The van der Waals surface area contributed by atoms with Crippen LogP contribution >= 0.6 is 0 Å². The first-order valence-corrected chi connectivity index (χ1v) is 5.38. The summed E-state index contributed by atoms with van der Waals surface area (Å²) in [5.41, 5.74) is 6.46. The molecule has 1 aliphatic rings. The summed E-state index contributed by atoms with van der Waals surface area (Å²) < 4.78 is 0. The van der Waals surface area contributed by atoms with Crippen LogP contribution in [0.25, 0.3) is 0 Å². The molecule has 80 valence electrons. The van der Waals surface area contributed by atoms with E-state index in [0.29, 0.717) is 5.92 Å². The smallest absolute Gasteiger partial charge is 0.312 e. The number of rotatable bonds is 2. The van der Waals surface area contributed by atoms with Crippen LogP contribution in [0.1, 0.15) is 30.7 Å². The molecule has 0 radical (unpaired) electrons. The Morgan fingerprint density at radius 3 is 2.67 bits per heavy atom. The molecule has 0 heterocycles. The zero-order valence-electron chi connectivity index (χ0n) is 8.65. The molecule has 0 saturated heterocycles. The third kappa shape index (κ3) is 2.29. The van der Waals surface area contributed by atoms with Crippen molar-refractivity contribution in [3.05, 3.63) is 35.9 Å². The molecule has 1 aromatic rings. The first-order valence-electron chi connectivity index (χ1n) is 5.38. The lowest BCUT2D eigenvalue weighted by Crippen LogP contribution is -2.39. The number of primary amides is 1. The van der Waals surface area contributed by atoms with E-state index < -0.39 is 6.03 Å². The highest BCUT2D eigenvalue weighted by molar-refractivity contribution is 5.72. The van der Waals surface area contributed by atoms with Crippen LogP contribution in [0.3, 0.4) is 0 Å². The maximum atomic E-state index is 10.8. The van der Waals surface area contributed by atoms with E-state index in [1.165, 1.54) is 5.56 Å². The molecule has 0 bridgehead atoms. The summed E-state index contributed by atoms with van der Waals surface area (Å²) >= 11 is 0. The van der Waals surface area contributed by atoms with E-state index in [0.717, 1.165) is 19.3 Å². The summed E-state index contributed by atoms with van der Waals surface area (Å²) in [6.07, 6.45) is 3.32. The first kappa shape index (κ1) is 10.0. The van der Waals surface area contributed by atoms with Crippen LogP contribution in [0.4, 0.5) is 4.79 Å². The minimum Gasteiger partial charge on any atom is -0.352 e. The van der Waals surface area contributed by atoms with Gasteiger partial charge in [-0.3, -0.25) is 0 Å². The van der Waals surface area contributed by atoms with Gasteiger partial charge in [-0.1, -0.05) is 36.8 Å². The Hall–Kier alpha value is -1.51. The van der Waals surface area contributed by atoms with Crippen molar-refractivity contribution in [1.82, 2.24) is 5.32 Å². The predicted molar refractivity (Wildman–Crippen MR) is 59.5 cm³/mol. The van der Waals surface area contributed by atoms with Crippen molar-refractivity contribution in [2.45, 2.75) is 31.2 Å². The second kappa shape index (κ2) is 4.34. The molecule has 1 saturated carbocycles. The second-order valence-electron chi connectivity index (χ2n) is 4.06. The maximum Gasteiger partial charge on any atom is 0.312 e. The lowest BCUT2D eigenvalue weighted by atomic mass is 9.94. The number of nitrogens with one attached hydrogen (secondary N) is 1. The molecule has 2 rings (SSSR count). The van der Waals surface area contributed by atoms with Crippen molar-refractivity contribution in [2.24, 2.45) is 5.73 Å². The quantitative estimate of drug-likeness (QED) is 0.760. The molecule has 2 amide bonds. The molecule has 0 spiro atoms. The van der Waals surface area contributed by atoms with E-state index >= 15 is 0 Å². The molecule has 15 heavy (non-hydrogen) atoms. The van der Waals surface area contributed by atoms with Gasteiger partial charge in [-0.25, -0.2) is 4.79 Å². The Balaban J connectivity index is 2.11. The van der Waals surface area contributed by atoms with Crippen molar-refractivity contribution >= 4 is 6.03 Å². The molecular formula is C12H16N2O. The first-order chi connectivity index (χ1) is 7.27. The molecule has 2 atom stereocenters. The fourth-order valence-electron chi connectivity index (χ4n) is 2.41. The third-order valence-corrected chi connectivity index (χ3v) is 3.07. The summed E-state index contributed by atoms with van der Waals surface area (Å²) in [6.45, 7) is 0. The molecule has 1 unspecified atom stereocenters. The Kier molecular flexibility index (Phi) is 2.90. The highest BCUT2D eigenvalue weighted by Gasteiger charge is 2.28. The highest BCUT2D eigenvalue weighted by atomic mass is 16.2. The minimum atomic E-state index is -0.414. The van der Waals surface area contributed by atoms with Crippen molar-refractivity contribution in [1.29, 1.82) is 0 Å². The molecule has 1 aliphatic carbocycles. The fraction of sp³-hybridized carbons (Fsp3) is 0.417. The number of amides is 2. The van der Waals surface area contributed by atoms with Gasteiger partial charge in [0.25, 0.3) is 0 Å². The topological polar surface area (TPSA) is 55.1 Å². The van der Waals surface area contributed by atoms with Gasteiger partial charge in [0.15, 0.2) is 0 Å². The lowest BCUT2D eigenvalue weighted by Gasteiger charge is -2.20. The summed E-state index contributed by atoms with van der Waals surface area (Å²) in [5.74, 6) is 0.429. The van der Waals surface area contributed by atoms with Crippen LogP contribution in [0.15, 0.2) is 30.3 Å². The van der Waals surface area contributed by atoms with Gasteiger partial charge < -0.3 is 11.1 Å². The average molecular weight is 204 g/mol. The molecule has 3 nitrogen and oxygen atoms in total. The Labute approximate surface area is 89.7 Å². The molecular weight excluding hydrogens is 188 g/mol. The van der Waals surface area contributed by atoms with Crippen LogP contribution in [0.5, 0.6) is 0 Å². The van der Waals surface area contributed by atoms with Crippen LogP contribution in [-0.2, 0) is 0 Å². The standard InChI is InChI=1S/C12H16N2O/c13-12(15)14-11-8-4-7-10(11)9-5-2-1-3-6-9/h1-3,5-6,10-11H,4,7-8H2,(H3,13,14,15)/t10?,11-/m0/s1.